The number of piperazine rings is 1. The second kappa shape index (κ2) is 13.2. The monoisotopic (exact) mass is 683 g/mol. The molecule has 2 amide bonds. The molecule has 6 rings (SSSR count). The van der Waals surface area contributed by atoms with Crippen molar-refractivity contribution in [3.63, 3.8) is 0 Å². The quantitative estimate of drug-likeness (QED) is 0.374. The van der Waals surface area contributed by atoms with Crippen LogP contribution in [0.5, 0.6) is 0 Å². The number of fused-ring (bicyclic) bond motifs is 3. The number of aryl methyl sites for hydroxylation is 3. The number of hydrogen-bond donors (Lipinski definition) is 1. The first-order valence-electron chi connectivity index (χ1n) is 16.2. The van der Waals surface area contributed by atoms with Crippen LogP contribution in [0.25, 0.3) is 11.0 Å². The van der Waals surface area contributed by atoms with Crippen molar-refractivity contribution in [2.75, 3.05) is 64.9 Å². The molecule has 2 saturated heterocycles. The fourth-order valence-electron chi connectivity index (χ4n) is 7.21. The Morgan fingerprint density at radius 2 is 1.73 bits per heavy atom. The highest BCUT2D eigenvalue weighted by molar-refractivity contribution is 7.87. The van der Waals surface area contributed by atoms with Crippen molar-refractivity contribution in [1.29, 1.82) is 0 Å². The Labute approximate surface area is 279 Å². The van der Waals surface area contributed by atoms with Crippen molar-refractivity contribution in [2.45, 2.75) is 52.6 Å². The fraction of sp³-hybridized carbons (Fsp3) is 0.500. The molecule has 0 aliphatic carbocycles. The van der Waals surface area contributed by atoms with Crippen LogP contribution in [0.3, 0.4) is 0 Å². The van der Waals surface area contributed by atoms with Crippen LogP contribution in [0.4, 0.5) is 10.1 Å². The molecule has 2 aromatic carbocycles. The molecule has 1 aromatic heterocycles. The van der Waals surface area contributed by atoms with Gasteiger partial charge in [-0.05, 0) is 82.0 Å². The number of carbonyl (C=O) groups is 2. The molecule has 48 heavy (non-hydrogen) atoms. The van der Waals surface area contributed by atoms with Gasteiger partial charge < -0.3 is 19.0 Å². The molecule has 0 unspecified atom stereocenters. The van der Waals surface area contributed by atoms with Crippen LogP contribution in [-0.4, -0.2) is 100 Å². The number of carbonyl (C=O) groups excluding carboxylic acids is 2. The van der Waals surface area contributed by atoms with Gasteiger partial charge >= 0.3 is 15.8 Å². The highest BCUT2D eigenvalue weighted by atomic mass is 32.2. The van der Waals surface area contributed by atoms with E-state index in [0.29, 0.717) is 49.1 Å². The topological polar surface area (TPSA) is 133 Å². The number of rotatable bonds is 7. The summed E-state index contributed by atoms with van der Waals surface area (Å²) >= 11 is 0. The average molecular weight is 684 g/mol. The first-order valence-corrected chi connectivity index (χ1v) is 17.7. The number of anilines is 1. The van der Waals surface area contributed by atoms with Gasteiger partial charge in [0.05, 0.1) is 30.3 Å². The summed E-state index contributed by atoms with van der Waals surface area (Å²) < 4.78 is 54.8. The number of nitrogens with one attached hydrogen (secondary N) is 1. The van der Waals surface area contributed by atoms with Crippen LogP contribution < -0.4 is 15.2 Å². The van der Waals surface area contributed by atoms with Crippen molar-refractivity contribution in [2.24, 2.45) is 0 Å². The molecule has 258 valence electrons. The molecule has 12 nitrogen and oxygen atoms in total. The van der Waals surface area contributed by atoms with Crippen molar-refractivity contribution in [3.8, 4) is 0 Å². The number of halogens is 1. The van der Waals surface area contributed by atoms with Crippen molar-refractivity contribution in [1.82, 2.24) is 18.8 Å². The summed E-state index contributed by atoms with van der Waals surface area (Å²) in [7, 11) is -0.309. The molecular weight excluding hydrogens is 641 g/mol. The lowest BCUT2D eigenvalue weighted by Gasteiger charge is -2.41. The van der Waals surface area contributed by atoms with E-state index in [9.17, 15) is 22.8 Å². The minimum atomic E-state index is -4.10. The van der Waals surface area contributed by atoms with Gasteiger partial charge in [-0.2, -0.15) is 12.7 Å². The lowest BCUT2D eigenvalue weighted by atomic mass is 9.92. The number of nitrogens with zero attached hydrogens (tertiary/aromatic N) is 4. The van der Waals surface area contributed by atoms with Crippen LogP contribution in [0, 0.1) is 26.6 Å². The second-order valence-corrected chi connectivity index (χ2v) is 14.8. The number of benzene rings is 2. The second-order valence-electron chi connectivity index (χ2n) is 13.1. The molecule has 0 saturated carbocycles. The van der Waals surface area contributed by atoms with E-state index in [1.165, 1.54) is 11.0 Å². The van der Waals surface area contributed by atoms with E-state index < -0.39 is 39.0 Å². The zero-order chi connectivity index (χ0) is 34.5. The van der Waals surface area contributed by atoms with Gasteiger partial charge in [-0.15, -0.1) is 0 Å². The van der Waals surface area contributed by atoms with E-state index in [4.69, 9.17) is 9.15 Å². The van der Waals surface area contributed by atoms with E-state index in [1.54, 1.807) is 14.0 Å². The van der Waals surface area contributed by atoms with Gasteiger partial charge in [0.1, 0.15) is 11.4 Å². The summed E-state index contributed by atoms with van der Waals surface area (Å²) in [5, 5.41) is 0.877. The number of ether oxygens (including phenoxy) is 1. The molecule has 0 radical (unpaired) electrons. The Morgan fingerprint density at radius 1 is 1.00 bits per heavy atom. The highest BCUT2D eigenvalue weighted by Gasteiger charge is 2.32. The summed E-state index contributed by atoms with van der Waals surface area (Å²) in [5.74, 6) is -2.62. The molecule has 4 heterocycles. The third-order valence-electron chi connectivity index (χ3n) is 9.97. The first-order chi connectivity index (χ1) is 22.8. The van der Waals surface area contributed by atoms with Crippen LogP contribution in [0.15, 0.2) is 27.4 Å². The van der Waals surface area contributed by atoms with Crippen molar-refractivity contribution in [3.05, 3.63) is 73.4 Å². The molecule has 1 N–H and O–H groups in total. The molecule has 2 fully saturated rings. The van der Waals surface area contributed by atoms with Gasteiger partial charge in [0.15, 0.2) is 0 Å². The lowest BCUT2D eigenvalue weighted by Crippen LogP contribution is -2.53. The molecule has 14 heteroatoms. The number of likely N-dealkylation sites (N-methyl/N-ethyl adjacent to an activating group) is 1. The Hall–Kier alpha value is -3.85. The molecule has 0 spiro atoms. The first kappa shape index (κ1) is 34.0. The van der Waals surface area contributed by atoms with Gasteiger partial charge in [0.25, 0.3) is 11.8 Å². The summed E-state index contributed by atoms with van der Waals surface area (Å²) in [6.07, 6.45) is 1.78. The SMILES string of the molecule is COC[C@H]1CN(c2cc(C)c3c4c(c(=O)oc3c2C)CN(C(=O)c2cc(F)c(C(=O)NS(=O)(=O)N3CCCC3)cc2C)CC4)CCN1C. The zero-order valence-electron chi connectivity index (χ0n) is 28.0. The van der Waals surface area contributed by atoms with Crippen molar-refractivity contribution >= 4 is 38.7 Å². The molecule has 0 bridgehead atoms. The summed E-state index contributed by atoms with van der Waals surface area (Å²) in [6, 6.07) is 4.52. The number of methoxy groups -OCH3 is 1. The summed E-state index contributed by atoms with van der Waals surface area (Å²) in [5.41, 5.74) is 4.01. The van der Waals surface area contributed by atoms with E-state index >= 15 is 4.39 Å². The van der Waals surface area contributed by atoms with Gasteiger partial charge in [-0.3, -0.25) is 14.5 Å². The van der Waals surface area contributed by atoms with E-state index in [2.05, 4.69) is 22.9 Å². The van der Waals surface area contributed by atoms with Crippen molar-refractivity contribution < 1.29 is 31.6 Å². The third kappa shape index (κ3) is 6.22. The van der Waals surface area contributed by atoms with Gasteiger partial charge in [-0.25, -0.2) is 13.9 Å². The maximum Gasteiger partial charge on any atom is 0.341 e. The van der Waals surface area contributed by atoms with E-state index in [1.807, 2.05) is 18.6 Å². The maximum atomic E-state index is 15.2. The van der Waals surface area contributed by atoms with E-state index in [-0.39, 0.29) is 31.2 Å². The minimum Gasteiger partial charge on any atom is -0.422 e. The third-order valence-corrected chi connectivity index (χ3v) is 11.5. The standard InChI is InChI=1S/C34H42FN5O7S/c1-20-14-26(32(41)36-48(44,45)40-9-6-7-10-40)28(35)16-25(20)33(42)39-11-8-24-27(18-39)34(43)47-31-22(3)29(15-21(2)30(24)31)38-13-12-37(4)23(17-38)19-46-5/h14-16,23H,6-13,17-19H2,1-5H3,(H,36,41)/t23-/m1/s1. The molecule has 3 aromatic rings. The van der Waals surface area contributed by atoms with E-state index in [0.717, 1.165) is 57.8 Å². The lowest BCUT2D eigenvalue weighted by molar-refractivity contribution is 0.0731. The summed E-state index contributed by atoms with van der Waals surface area (Å²) in [4.78, 5) is 46.0. The minimum absolute atomic E-state index is 0.0127. The normalized spacial score (nSPS) is 19.2. The number of amides is 2. The van der Waals surface area contributed by atoms with Crippen LogP contribution >= 0.6 is 0 Å². The number of hydrogen-bond acceptors (Lipinski definition) is 9. The van der Waals surface area contributed by atoms with Gasteiger partial charge in [0.2, 0.25) is 0 Å². The predicted molar refractivity (Wildman–Crippen MR) is 179 cm³/mol. The summed E-state index contributed by atoms with van der Waals surface area (Å²) in [6.45, 7) is 9.50. The maximum absolute atomic E-state index is 15.2. The smallest absolute Gasteiger partial charge is 0.341 e. The predicted octanol–water partition coefficient (Wildman–Crippen LogP) is 2.89. The molecule has 3 aliphatic rings. The molecule has 3 aliphatic heterocycles. The van der Waals surface area contributed by atoms with Crippen LogP contribution in [-0.2, 0) is 27.9 Å². The Bertz CT molecular complexity index is 1960. The molecule has 1 atom stereocenters. The Morgan fingerprint density at radius 3 is 2.44 bits per heavy atom. The average Bonchev–Trinajstić information content (AvgIpc) is 3.61. The largest absolute Gasteiger partial charge is 0.422 e. The Kier molecular flexibility index (Phi) is 9.37. The highest BCUT2D eigenvalue weighted by Crippen LogP contribution is 2.36. The van der Waals surface area contributed by atoms with Gasteiger partial charge in [0, 0.05) is 68.6 Å². The fourth-order valence-corrected chi connectivity index (χ4v) is 8.42. The molecular formula is C34H42FN5O7S. The van der Waals surface area contributed by atoms with Gasteiger partial charge in [-0.1, -0.05) is 0 Å². The van der Waals surface area contributed by atoms with Crippen LogP contribution in [0.1, 0.15) is 61.4 Å². The Balaban J connectivity index is 1.25. The zero-order valence-corrected chi connectivity index (χ0v) is 28.8. The van der Waals surface area contributed by atoms with Crippen LogP contribution in [0.2, 0.25) is 0 Å².